The molecular formula is C21H27N7O2. The summed E-state index contributed by atoms with van der Waals surface area (Å²) in [4.78, 5) is 36.9. The number of carbonyl (C=O) groups excluding carboxylic acids is 2. The summed E-state index contributed by atoms with van der Waals surface area (Å²) in [6, 6.07) is 7.95. The van der Waals surface area contributed by atoms with E-state index in [0.29, 0.717) is 26.2 Å². The Morgan fingerprint density at radius 2 is 2.03 bits per heavy atom. The van der Waals surface area contributed by atoms with Gasteiger partial charge in [-0.15, -0.1) is 5.10 Å². The highest BCUT2D eigenvalue weighted by atomic mass is 16.2. The van der Waals surface area contributed by atoms with Crippen molar-refractivity contribution in [1.82, 2.24) is 34.8 Å². The minimum Gasteiger partial charge on any atom is -0.342 e. The highest BCUT2D eigenvalue weighted by Gasteiger charge is 2.29. The van der Waals surface area contributed by atoms with Gasteiger partial charge in [-0.2, -0.15) is 0 Å². The molecule has 1 saturated heterocycles. The van der Waals surface area contributed by atoms with Crippen molar-refractivity contribution in [3.63, 3.8) is 0 Å². The maximum absolute atomic E-state index is 13.0. The molecule has 4 rings (SSSR count). The van der Waals surface area contributed by atoms with E-state index in [1.807, 2.05) is 43.0 Å². The summed E-state index contributed by atoms with van der Waals surface area (Å²) >= 11 is 0. The standard InChI is InChI=1S/C21H27N7O2/c1-3-26(4-2)19(29)14-28-13-18(24-25-28)21(30)27-11-7-8-15(12-27)20-22-16-9-5-6-10-17(16)23-20/h5-6,9-10,13,15H,3-4,7-8,11-12,14H2,1-2H3,(H,22,23)/t15-/m0/s1. The summed E-state index contributed by atoms with van der Waals surface area (Å²) < 4.78 is 1.44. The molecule has 0 unspecified atom stereocenters. The van der Waals surface area contributed by atoms with Crippen LogP contribution in [0.15, 0.2) is 30.5 Å². The maximum atomic E-state index is 13.0. The molecule has 0 spiro atoms. The quantitative estimate of drug-likeness (QED) is 0.672. The topological polar surface area (TPSA) is 100 Å². The van der Waals surface area contributed by atoms with Gasteiger partial charge >= 0.3 is 0 Å². The van der Waals surface area contributed by atoms with Gasteiger partial charge in [0.15, 0.2) is 5.69 Å². The van der Waals surface area contributed by atoms with Crippen LogP contribution in [0, 0.1) is 0 Å². The monoisotopic (exact) mass is 409 g/mol. The van der Waals surface area contributed by atoms with Gasteiger partial charge in [-0.25, -0.2) is 9.67 Å². The molecule has 1 aliphatic heterocycles. The first-order valence-electron chi connectivity index (χ1n) is 10.5. The van der Waals surface area contributed by atoms with Crippen molar-refractivity contribution in [2.24, 2.45) is 0 Å². The molecule has 0 radical (unpaired) electrons. The second-order valence-corrected chi connectivity index (χ2v) is 7.60. The number of hydrogen-bond donors (Lipinski definition) is 1. The molecule has 3 heterocycles. The molecule has 2 aromatic heterocycles. The fourth-order valence-corrected chi connectivity index (χ4v) is 4.00. The summed E-state index contributed by atoms with van der Waals surface area (Å²) in [5, 5.41) is 8.00. The lowest BCUT2D eigenvalue weighted by Crippen LogP contribution is -2.39. The number of rotatable bonds is 6. The van der Waals surface area contributed by atoms with Gasteiger partial charge in [0, 0.05) is 32.1 Å². The Labute approximate surface area is 175 Å². The van der Waals surface area contributed by atoms with Crippen LogP contribution in [-0.4, -0.2) is 72.8 Å². The molecule has 9 nitrogen and oxygen atoms in total. The van der Waals surface area contributed by atoms with E-state index >= 15 is 0 Å². The van der Waals surface area contributed by atoms with E-state index in [9.17, 15) is 9.59 Å². The number of imidazole rings is 1. The number of aromatic amines is 1. The third-order valence-electron chi connectivity index (χ3n) is 5.67. The molecule has 3 aromatic rings. The first kappa shape index (κ1) is 20.1. The Bertz CT molecular complexity index is 1000. The lowest BCUT2D eigenvalue weighted by molar-refractivity contribution is -0.131. The first-order valence-corrected chi connectivity index (χ1v) is 10.5. The summed E-state index contributed by atoms with van der Waals surface area (Å²) in [6.07, 6.45) is 3.45. The van der Waals surface area contributed by atoms with Gasteiger partial charge in [-0.1, -0.05) is 17.3 Å². The average molecular weight is 409 g/mol. The highest BCUT2D eigenvalue weighted by molar-refractivity contribution is 5.92. The molecule has 30 heavy (non-hydrogen) atoms. The fourth-order valence-electron chi connectivity index (χ4n) is 4.00. The van der Waals surface area contributed by atoms with Crippen molar-refractivity contribution in [2.75, 3.05) is 26.2 Å². The number of amides is 2. The van der Waals surface area contributed by atoms with Crippen molar-refractivity contribution in [2.45, 2.75) is 39.2 Å². The van der Waals surface area contributed by atoms with Gasteiger partial charge < -0.3 is 14.8 Å². The van der Waals surface area contributed by atoms with E-state index in [4.69, 9.17) is 4.98 Å². The Morgan fingerprint density at radius 1 is 1.23 bits per heavy atom. The zero-order valence-corrected chi connectivity index (χ0v) is 17.4. The van der Waals surface area contributed by atoms with E-state index in [2.05, 4.69) is 15.3 Å². The zero-order chi connectivity index (χ0) is 21.1. The number of H-pyrrole nitrogens is 1. The van der Waals surface area contributed by atoms with Crippen molar-refractivity contribution < 1.29 is 9.59 Å². The van der Waals surface area contributed by atoms with Crippen LogP contribution in [0.1, 0.15) is 48.9 Å². The van der Waals surface area contributed by atoms with Crippen LogP contribution < -0.4 is 0 Å². The van der Waals surface area contributed by atoms with Crippen LogP contribution in [0.25, 0.3) is 11.0 Å². The van der Waals surface area contributed by atoms with Crippen LogP contribution in [0.2, 0.25) is 0 Å². The number of likely N-dealkylation sites (N-methyl/N-ethyl adjacent to an activating group) is 1. The number of nitrogens with zero attached hydrogens (tertiary/aromatic N) is 6. The maximum Gasteiger partial charge on any atom is 0.276 e. The van der Waals surface area contributed by atoms with E-state index in [1.54, 1.807) is 11.1 Å². The molecule has 2 amide bonds. The van der Waals surface area contributed by atoms with Gasteiger partial charge in [0.05, 0.1) is 17.2 Å². The number of carbonyl (C=O) groups is 2. The smallest absolute Gasteiger partial charge is 0.276 e. The second kappa shape index (κ2) is 8.64. The van der Waals surface area contributed by atoms with E-state index in [-0.39, 0.29) is 30.0 Å². The Hall–Kier alpha value is -3.23. The molecule has 158 valence electrons. The number of likely N-dealkylation sites (tertiary alicyclic amines) is 1. The third-order valence-corrected chi connectivity index (χ3v) is 5.67. The van der Waals surface area contributed by atoms with E-state index < -0.39 is 0 Å². The number of hydrogen-bond acceptors (Lipinski definition) is 5. The number of piperidine rings is 1. The van der Waals surface area contributed by atoms with Crippen molar-refractivity contribution >= 4 is 22.8 Å². The van der Waals surface area contributed by atoms with E-state index in [0.717, 1.165) is 29.7 Å². The third kappa shape index (κ3) is 4.05. The number of nitrogens with one attached hydrogen (secondary N) is 1. The largest absolute Gasteiger partial charge is 0.342 e. The number of aromatic nitrogens is 5. The number of benzene rings is 1. The Kier molecular flexibility index (Phi) is 5.78. The molecule has 1 fully saturated rings. The summed E-state index contributed by atoms with van der Waals surface area (Å²) in [5.74, 6) is 0.890. The SMILES string of the molecule is CCN(CC)C(=O)Cn1cc(C(=O)N2CCC[C@H](c3nc4ccccc4[nH]3)C2)nn1. The van der Waals surface area contributed by atoms with Gasteiger partial charge in [0.2, 0.25) is 5.91 Å². The van der Waals surface area contributed by atoms with Gasteiger partial charge in [0.25, 0.3) is 5.91 Å². The Morgan fingerprint density at radius 3 is 2.80 bits per heavy atom. The summed E-state index contributed by atoms with van der Waals surface area (Å²) in [6.45, 7) is 6.52. The molecular weight excluding hydrogens is 382 g/mol. The molecule has 9 heteroatoms. The molecule has 0 saturated carbocycles. The van der Waals surface area contributed by atoms with Crippen molar-refractivity contribution in [3.05, 3.63) is 42.0 Å². The molecule has 1 N–H and O–H groups in total. The van der Waals surface area contributed by atoms with Gasteiger partial charge in [-0.3, -0.25) is 9.59 Å². The normalized spacial score (nSPS) is 16.7. The average Bonchev–Trinajstić information content (AvgIpc) is 3.41. The van der Waals surface area contributed by atoms with Gasteiger partial charge in [-0.05, 0) is 38.8 Å². The second-order valence-electron chi connectivity index (χ2n) is 7.60. The van der Waals surface area contributed by atoms with Crippen LogP contribution >= 0.6 is 0 Å². The number of fused-ring (bicyclic) bond motifs is 1. The highest BCUT2D eigenvalue weighted by Crippen LogP contribution is 2.27. The van der Waals surface area contributed by atoms with Crippen LogP contribution in [0.5, 0.6) is 0 Å². The Balaban J connectivity index is 1.43. The number of para-hydroxylation sites is 2. The van der Waals surface area contributed by atoms with E-state index in [1.165, 1.54) is 4.68 Å². The fraction of sp³-hybridized carbons (Fsp3) is 0.476. The van der Waals surface area contributed by atoms with Crippen molar-refractivity contribution in [3.8, 4) is 0 Å². The molecule has 1 aromatic carbocycles. The lowest BCUT2D eigenvalue weighted by atomic mass is 9.97. The lowest BCUT2D eigenvalue weighted by Gasteiger charge is -2.31. The zero-order valence-electron chi connectivity index (χ0n) is 17.4. The molecule has 0 aliphatic carbocycles. The molecule has 1 atom stereocenters. The van der Waals surface area contributed by atoms with Crippen LogP contribution in [0.3, 0.4) is 0 Å². The predicted octanol–water partition coefficient (Wildman–Crippen LogP) is 2.04. The van der Waals surface area contributed by atoms with Crippen LogP contribution in [0.4, 0.5) is 0 Å². The molecule has 1 aliphatic rings. The van der Waals surface area contributed by atoms with Crippen LogP contribution in [-0.2, 0) is 11.3 Å². The predicted molar refractivity (Wildman–Crippen MR) is 112 cm³/mol. The first-order chi connectivity index (χ1) is 14.6. The summed E-state index contributed by atoms with van der Waals surface area (Å²) in [7, 11) is 0. The van der Waals surface area contributed by atoms with Gasteiger partial charge in [0.1, 0.15) is 12.4 Å². The summed E-state index contributed by atoms with van der Waals surface area (Å²) in [5.41, 5.74) is 2.22. The molecule has 0 bridgehead atoms. The minimum absolute atomic E-state index is 0.0354. The van der Waals surface area contributed by atoms with Crippen molar-refractivity contribution in [1.29, 1.82) is 0 Å². The minimum atomic E-state index is -0.155.